The van der Waals surface area contributed by atoms with Crippen LogP contribution in [0.15, 0.2) is 4.99 Å². The van der Waals surface area contributed by atoms with Crippen LogP contribution in [0.2, 0.25) is 0 Å². The zero-order chi connectivity index (χ0) is 18.8. The Morgan fingerprint density at radius 2 is 1.85 bits per heavy atom. The third-order valence-electron chi connectivity index (χ3n) is 4.38. The predicted molar refractivity (Wildman–Crippen MR) is 118 cm³/mol. The van der Waals surface area contributed by atoms with Gasteiger partial charge in [0.15, 0.2) is 5.96 Å². The molecule has 7 nitrogen and oxygen atoms in total. The summed E-state index contributed by atoms with van der Waals surface area (Å²) < 4.78 is 1.92. The van der Waals surface area contributed by atoms with E-state index in [2.05, 4.69) is 27.6 Å². The zero-order valence-electron chi connectivity index (χ0n) is 17.1. The van der Waals surface area contributed by atoms with Crippen LogP contribution in [0.25, 0.3) is 0 Å². The van der Waals surface area contributed by atoms with E-state index in [4.69, 9.17) is 0 Å². The number of aryl methyl sites for hydroxylation is 2. The van der Waals surface area contributed by atoms with Crippen LogP contribution in [0, 0.1) is 13.8 Å². The van der Waals surface area contributed by atoms with Gasteiger partial charge in [0.1, 0.15) is 0 Å². The lowest BCUT2D eigenvalue weighted by Gasteiger charge is -2.18. The highest BCUT2D eigenvalue weighted by Gasteiger charge is 2.10. The minimum absolute atomic E-state index is 0. The lowest BCUT2D eigenvalue weighted by Crippen LogP contribution is -2.38. The van der Waals surface area contributed by atoms with Gasteiger partial charge >= 0.3 is 0 Å². The molecule has 0 unspecified atom stereocenters. The van der Waals surface area contributed by atoms with Gasteiger partial charge in [-0.3, -0.25) is 14.5 Å². The number of rotatable bonds is 9. The molecule has 150 valence electrons. The molecule has 8 heteroatoms. The first-order chi connectivity index (χ1) is 11.9. The lowest BCUT2D eigenvalue weighted by molar-refractivity contribution is -0.130. The zero-order valence-corrected chi connectivity index (χ0v) is 19.4. The first kappa shape index (κ1) is 24.7. The molecule has 0 aliphatic rings. The maximum absolute atomic E-state index is 12.0. The van der Waals surface area contributed by atoms with Crippen LogP contribution < -0.4 is 10.6 Å². The second-order valence-corrected chi connectivity index (χ2v) is 6.03. The molecule has 2 N–H and O–H groups in total. The Morgan fingerprint density at radius 3 is 2.35 bits per heavy atom. The van der Waals surface area contributed by atoms with E-state index in [9.17, 15) is 4.79 Å². The molecule has 0 radical (unpaired) electrons. The van der Waals surface area contributed by atoms with Crippen molar-refractivity contribution in [1.82, 2.24) is 25.3 Å². The highest BCUT2D eigenvalue weighted by atomic mass is 127. The number of guanidine groups is 1. The summed E-state index contributed by atoms with van der Waals surface area (Å²) in [6, 6.07) is 0. The van der Waals surface area contributed by atoms with E-state index in [-0.39, 0.29) is 29.9 Å². The number of halogens is 1. The number of aromatic nitrogens is 2. The Morgan fingerprint density at radius 1 is 1.19 bits per heavy atom. The molecule has 1 amide bonds. The van der Waals surface area contributed by atoms with Crippen LogP contribution in [-0.4, -0.2) is 59.3 Å². The molecule has 0 saturated heterocycles. The number of carbonyl (C=O) groups is 1. The van der Waals surface area contributed by atoms with Crippen molar-refractivity contribution in [2.75, 3.05) is 32.7 Å². The Labute approximate surface area is 175 Å². The van der Waals surface area contributed by atoms with Gasteiger partial charge in [0.25, 0.3) is 0 Å². The van der Waals surface area contributed by atoms with Gasteiger partial charge in [0, 0.05) is 45.3 Å². The van der Waals surface area contributed by atoms with Crippen LogP contribution in [0.4, 0.5) is 0 Å². The van der Waals surface area contributed by atoms with E-state index in [1.54, 1.807) is 0 Å². The number of carbonyl (C=O) groups excluding carboxylic acids is 1. The molecule has 0 saturated carbocycles. The SMILES string of the molecule is CCNC(=NCCC(=O)N(CC)CC)NCCc1c(C)nn(C)c1C.I. The van der Waals surface area contributed by atoms with Gasteiger partial charge < -0.3 is 15.5 Å². The van der Waals surface area contributed by atoms with Gasteiger partial charge in [-0.1, -0.05) is 0 Å². The molecule has 0 aromatic carbocycles. The number of amides is 1. The van der Waals surface area contributed by atoms with Crippen LogP contribution >= 0.6 is 24.0 Å². The quantitative estimate of drug-likeness (QED) is 0.324. The fraction of sp³-hybridized carbons (Fsp3) is 0.722. The van der Waals surface area contributed by atoms with Gasteiger partial charge in [-0.15, -0.1) is 24.0 Å². The third kappa shape index (κ3) is 7.51. The van der Waals surface area contributed by atoms with Crippen LogP contribution in [0.1, 0.15) is 44.1 Å². The number of nitrogens with one attached hydrogen (secondary N) is 2. The van der Waals surface area contributed by atoms with Crippen molar-refractivity contribution >= 4 is 35.8 Å². The summed E-state index contributed by atoms with van der Waals surface area (Å²) in [6.07, 6.45) is 1.34. The smallest absolute Gasteiger partial charge is 0.224 e. The lowest BCUT2D eigenvalue weighted by atomic mass is 10.1. The normalized spacial score (nSPS) is 11.1. The molecule has 0 fully saturated rings. The average molecular weight is 478 g/mol. The average Bonchev–Trinajstić information content (AvgIpc) is 2.82. The third-order valence-corrected chi connectivity index (χ3v) is 4.38. The number of aliphatic imine (C=N–C) groups is 1. The molecule has 1 aromatic heterocycles. The van der Waals surface area contributed by atoms with Crippen molar-refractivity contribution in [1.29, 1.82) is 0 Å². The molecular formula is C18H35IN6O. The number of nitrogens with zero attached hydrogens (tertiary/aromatic N) is 4. The van der Waals surface area contributed by atoms with Gasteiger partial charge in [-0.05, 0) is 46.6 Å². The Hall–Kier alpha value is -1.32. The summed E-state index contributed by atoms with van der Waals surface area (Å²) in [5.41, 5.74) is 3.56. The van der Waals surface area contributed by atoms with Crippen molar-refractivity contribution in [3.8, 4) is 0 Å². The molecule has 0 aliphatic heterocycles. The second-order valence-electron chi connectivity index (χ2n) is 6.03. The van der Waals surface area contributed by atoms with E-state index in [1.165, 1.54) is 11.3 Å². The summed E-state index contributed by atoms with van der Waals surface area (Å²) in [7, 11) is 1.97. The first-order valence-electron chi connectivity index (χ1n) is 9.23. The Bertz CT molecular complexity index is 580. The van der Waals surface area contributed by atoms with Gasteiger partial charge in [-0.25, -0.2) is 0 Å². The highest BCUT2D eigenvalue weighted by molar-refractivity contribution is 14.0. The molecule has 1 rings (SSSR count). The highest BCUT2D eigenvalue weighted by Crippen LogP contribution is 2.11. The Kier molecular flexibility index (Phi) is 12.3. The molecule has 0 aliphatic carbocycles. The summed E-state index contributed by atoms with van der Waals surface area (Å²) >= 11 is 0. The largest absolute Gasteiger partial charge is 0.357 e. The van der Waals surface area contributed by atoms with E-state index < -0.39 is 0 Å². The van der Waals surface area contributed by atoms with E-state index in [0.29, 0.717) is 13.0 Å². The number of hydrogen-bond acceptors (Lipinski definition) is 3. The maximum Gasteiger partial charge on any atom is 0.224 e. The predicted octanol–water partition coefficient (Wildman–Crippen LogP) is 2.01. The van der Waals surface area contributed by atoms with E-state index in [0.717, 1.165) is 44.3 Å². The topological polar surface area (TPSA) is 74.6 Å². The molecule has 1 aromatic rings. The monoisotopic (exact) mass is 478 g/mol. The molecular weight excluding hydrogens is 443 g/mol. The maximum atomic E-state index is 12.0. The van der Waals surface area contributed by atoms with Crippen molar-refractivity contribution in [3.05, 3.63) is 17.0 Å². The van der Waals surface area contributed by atoms with Crippen LogP contribution in [-0.2, 0) is 18.3 Å². The minimum atomic E-state index is 0. The second kappa shape index (κ2) is 12.9. The Balaban J connectivity index is 0.00000625. The first-order valence-corrected chi connectivity index (χ1v) is 9.23. The van der Waals surface area contributed by atoms with Crippen molar-refractivity contribution < 1.29 is 4.79 Å². The van der Waals surface area contributed by atoms with Gasteiger partial charge in [0.05, 0.1) is 12.2 Å². The molecule has 0 spiro atoms. The summed E-state index contributed by atoms with van der Waals surface area (Å²) in [5.74, 6) is 0.917. The van der Waals surface area contributed by atoms with E-state index >= 15 is 0 Å². The van der Waals surface area contributed by atoms with Crippen molar-refractivity contribution in [2.24, 2.45) is 12.0 Å². The molecule has 26 heavy (non-hydrogen) atoms. The van der Waals surface area contributed by atoms with Gasteiger partial charge in [0.2, 0.25) is 5.91 Å². The van der Waals surface area contributed by atoms with Gasteiger partial charge in [-0.2, -0.15) is 5.10 Å². The van der Waals surface area contributed by atoms with Crippen molar-refractivity contribution in [3.63, 3.8) is 0 Å². The minimum Gasteiger partial charge on any atom is -0.357 e. The summed E-state index contributed by atoms with van der Waals surface area (Å²) in [6.45, 7) is 13.7. The summed E-state index contributed by atoms with van der Waals surface area (Å²) in [4.78, 5) is 18.4. The number of hydrogen-bond donors (Lipinski definition) is 2. The standard InChI is InChI=1S/C18H34N6O.HI/c1-7-19-18(21-13-11-17(25)24(8-2)9-3)20-12-10-16-14(4)22-23(6)15(16)5;/h7-13H2,1-6H3,(H2,19,20,21);1H. The fourth-order valence-electron chi connectivity index (χ4n) is 2.82. The van der Waals surface area contributed by atoms with Crippen LogP contribution in [0.3, 0.4) is 0 Å². The molecule has 1 heterocycles. The summed E-state index contributed by atoms with van der Waals surface area (Å²) in [5, 5.41) is 11.0. The van der Waals surface area contributed by atoms with Crippen LogP contribution in [0.5, 0.6) is 0 Å². The fourth-order valence-corrected chi connectivity index (χ4v) is 2.82. The molecule has 0 bridgehead atoms. The molecule has 0 atom stereocenters. The van der Waals surface area contributed by atoms with E-state index in [1.807, 2.05) is 44.3 Å². The van der Waals surface area contributed by atoms with Crippen molar-refractivity contribution in [2.45, 2.75) is 47.5 Å².